The molecule has 0 aliphatic carbocycles. The molecular formula is C22H31N2+. The van der Waals surface area contributed by atoms with Gasteiger partial charge >= 0.3 is 0 Å². The monoisotopic (exact) mass is 323 g/mol. The van der Waals surface area contributed by atoms with Gasteiger partial charge in [-0.2, -0.15) is 0 Å². The van der Waals surface area contributed by atoms with Crippen LogP contribution >= 0.6 is 0 Å². The highest BCUT2D eigenvalue weighted by Crippen LogP contribution is 2.31. The van der Waals surface area contributed by atoms with Gasteiger partial charge in [-0.05, 0) is 31.9 Å². The largest absolute Gasteiger partial charge is 0.320 e. The number of piperazine rings is 1. The van der Waals surface area contributed by atoms with Crippen molar-refractivity contribution in [3.8, 4) is 0 Å². The summed E-state index contributed by atoms with van der Waals surface area (Å²) in [6.45, 7) is 13.2. The molecule has 0 N–H and O–H groups in total. The summed E-state index contributed by atoms with van der Waals surface area (Å²) in [6.07, 6.45) is 0. The lowest BCUT2D eigenvalue weighted by molar-refractivity contribution is -0.950. The summed E-state index contributed by atoms with van der Waals surface area (Å²) in [5.41, 5.74) is 2.81. The van der Waals surface area contributed by atoms with Crippen LogP contribution in [0.2, 0.25) is 0 Å². The molecule has 128 valence electrons. The lowest BCUT2D eigenvalue weighted by Crippen LogP contribution is -2.63. The summed E-state index contributed by atoms with van der Waals surface area (Å²) in [5.74, 6) is 0. The van der Waals surface area contributed by atoms with Gasteiger partial charge in [-0.25, -0.2) is 0 Å². The molecular weight excluding hydrogens is 292 g/mol. The molecule has 24 heavy (non-hydrogen) atoms. The van der Waals surface area contributed by atoms with Crippen LogP contribution in [0.25, 0.3) is 0 Å². The molecule has 2 aromatic carbocycles. The quantitative estimate of drug-likeness (QED) is 0.740. The van der Waals surface area contributed by atoms with Crippen LogP contribution in [0.5, 0.6) is 0 Å². The molecule has 0 saturated carbocycles. The molecule has 1 heterocycles. The molecule has 0 amide bonds. The van der Waals surface area contributed by atoms with E-state index in [1.807, 2.05) is 0 Å². The van der Waals surface area contributed by atoms with Gasteiger partial charge in [-0.3, -0.25) is 4.90 Å². The number of benzene rings is 2. The van der Waals surface area contributed by atoms with Crippen LogP contribution in [0.3, 0.4) is 0 Å². The lowest BCUT2D eigenvalue weighted by atomic mass is 9.96. The van der Waals surface area contributed by atoms with Gasteiger partial charge in [0.2, 0.25) is 0 Å². The number of nitrogens with zero attached hydrogens (tertiary/aromatic N) is 2. The molecule has 0 unspecified atom stereocenters. The standard InChI is InChI=1S/C22H31N2/c1-4-24(19(2)3)17-15-23(16-18-24)22(20-11-7-5-8-12-20)21-13-9-6-10-14-21/h5-14,19,22H,4,15-18H2,1-3H3/q+1. The van der Waals surface area contributed by atoms with Gasteiger partial charge in [0.05, 0.1) is 31.7 Å². The van der Waals surface area contributed by atoms with E-state index in [0.717, 1.165) is 0 Å². The summed E-state index contributed by atoms with van der Waals surface area (Å²) in [5, 5.41) is 0. The van der Waals surface area contributed by atoms with Gasteiger partial charge in [0.25, 0.3) is 0 Å². The molecule has 0 radical (unpaired) electrons. The van der Waals surface area contributed by atoms with Crippen LogP contribution in [-0.4, -0.2) is 48.1 Å². The second-order valence-corrected chi connectivity index (χ2v) is 7.34. The maximum atomic E-state index is 2.68. The first-order valence-corrected chi connectivity index (χ1v) is 9.36. The number of quaternary nitrogens is 1. The van der Waals surface area contributed by atoms with Gasteiger partial charge in [0, 0.05) is 13.1 Å². The molecule has 0 spiro atoms. The Morgan fingerprint density at radius 2 is 1.29 bits per heavy atom. The third-order valence-corrected chi connectivity index (χ3v) is 5.99. The number of hydrogen-bond donors (Lipinski definition) is 0. The van der Waals surface area contributed by atoms with E-state index < -0.39 is 0 Å². The highest BCUT2D eigenvalue weighted by atomic mass is 15.4. The number of likely N-dealkylation sites (N-methyl/N-ethyl adjacent to an activating group) is 1. The molecule has 2 aromatic rings. The normalized spacial score (nSPS) is 18.2. The van der Waals surface area contributed by atoms with Gasteiger partial charge in [0.15, 0.2) is 0 Å². The molecule has 1 saturated heterocycles. The minimum Gasteiger partial charge on any atom is -0.320 e. The average molecular weight is 324 g/mol. The van der Waals surface area contributed by atoms with Gasteiger partial charge in [-0.15, -0.1) is 0 Å². The van der Waals surface area contributed by atoms with E-state index in [1.165, 1.54) is 48.3 Å². The Morgan fingerprint density at radius 3 is 1.67 bits per heavy atom. The fourth-order valence-electron chi connectivity index (χ4n) is 4.22. The van der Waals surface area contributed by atoms with Crippen molar-refractivity contribution >= 4 is 0 Å². The molecule has 2 heteroatoms. The predicted octanol–water partition coefficient (Wildman–Crippen LogP) is 4.34. The van der Waals surface area contributed by atoms with E-state index in [2.05, 4.69) is 86.3 Å². The Labute approximate surface area is 147 Å². The summed E-state index contributed by atoms with van der Waals surface area (Å²) >= 11 is 0. The molecule has 2 nitrogen and oxygen atoms in total. The zero-order valence-electron chi connectivity index (χ0n) is 15.4. The van der Waals surface area contributed by atoms with E-state index in [-0.39, 0.29) is 0 Å². The van der Waals surface area contributed by atoms with E-state index in [4.69, 9.17) is 0 Å². The zero-order valence-corrected chi connectivity index (χ0v) is 15.4. The van der Waals surface area contributed by atoms with Crippen molar-refractivity contribution in [2.75, 3.05) is 32.7 Å². The van der Waals surface area contributed by atoms with E-state index in [0.29, 0.717) is 12.1 Å². The Morgan fingerprint density at radius 1 is 0.833 bits per heavy atom. The van der Waals surface area contributed by atoms with Crippen molar-refractivity contribution < 1.29 is 4.48 Å². The van der Waals surface area contributed by atoms with Crippen molar-refractivity contribution in [3.63, 3.8) is 0 Å². The minimum atomic E-state index is 0.374. The molecule has 0 bridgehead atoms. The van der Waals surface area contributed by atoms with Crippen molar-refractivity contribution in [1.82, 2.24) is 4.90 Å². The Kier molecular flexibility index (Phi) is 5.37. The summed E-state index contributed by atoms with van der Waals surface area (Å²) in [6, 6.07) is 23.1. The third-order valence-electron chi connectivity index (χ3n) is 5.99. The average Bonchev–Trinajstić information content (AvgIpc) is 2.64. The van der Waals surface area contributed by atoms with Crippen LogP contribution in [0.15, 0.2) is 60.7 Å². The Bertz CT molecular complexity index is 573. The maximum Gasteiger partial charge on any atom is 0.0918 e. The van der Waals surface area contributed by atoms with Crippen LogP contribution in [0, 0.1) is 0 Å². The van der Waals surface area contributed by atoms with Crippen molar-refractivity contribution in [2.45, 2.75) is 32.9 Å². The van der Waals surface area contributed by atoms with Crippen LogP contribution in [-0.2, 0) is 0 Å². The zero-order chi connectivity index (χ0) is 17.0. The van der Waals surface area contributed by atoms with Crippen molar-refractivity contribution in [2.24, 2.45) is 0 Å². The third kappa shape index (κ3) is 3.40. The molecule has 1 aliphatic heterocycles. The van der Waals surface area contributed by atoms with Crippen LogP contribution in [0.1, 0.15) is 37.9 Å². The molecule has 1 fully saturated rings. The van der Waals surface area contributed by atoms with Gasteiger partial charge < -0.3 is 4.48 Å². The summed E-state index contributed by atoms with van der Waals surface area (Å²) < 4.78 is 1.26. The first kappa shape index (κ1) is 17.2. The lowest BCUT2D eigenvalue weighted by Gasteiger charge is -2.49. The highest BCUT2D eigenvalue weighted by molar-refractivity contribution is 5.31. The molecule has 0 atom stereocenters. The predicted molar refractivity (Wildman–Crippen MR) is 102 cm³/mol. The minimum absolute atomic E-state index is 0.374. The van der Waals surface area contributed by atoms with Crippen LogP contribution < -0.4 is 0 Å². The number of rotatable bonds is 5. The Hall–Kier alpha value is -1.64. The highest BCUT2D eigenvalue weighted by Gasteiger charge is 2.36. The molecule has 0 aromatic heterocycles. The van der Waals surface area contributed by atoms with Crippen molar-refractivity contribution in [1.29, 1.82) is 0 Å². The maximum absolute atomic E-state index is 2.68. The summed E-state index contributed by atoms with van der Waals surface area (Å²) in [7, 11) is 0. The smallest absolute Gasteiger partial charge is 0.0918 e. The van der Waals surface area contributed by atoms with E-state index in [9.17, 15) is 0 Å². The molecule has 1 aliphatic rings. The van der Waals surface area contributed by atoms with Gasteiger partial charge in [-0.1, -0.05) is 60.7 Å². The topological polar surface area (TPSA) is 3.24 Å². The first-order valence-electron chi connectivity index (χ1n) is 9.36. The second kappa shape index (κ2) is 7.50. The fraction of sp³-hybridized carbons (Fsp3) is 0.455. The second-order valence-electron chi connectivity index (χ2n) is 7.34. The fourth-order valence-corrected chi connectivity index (χ4v) is 4.22. The summed E-state index contributed by atoms with van der Waals surface area (Å²) in [4.78, 5) is 2.68. The van der Waals surface area contributed by atoms with Crippen LogP contribution in [0.4, 0.5) is 0 Å². The van der Waals surface area contributed by atoms with E-state index in [1.54, 1.807) is 0 Å². The van der Waals surface area contributed by atoms with Crippen molar-refractivity contribution in [3.05, 3.63) is 71.8 Å². The Balaban J connectivity index is 1.86. The SMILES string of the molecule is CC[N+]1(C(C)C)CCN(C(c2ccccc2)c2ccccc2)CC1. The van der Waals surface area contributed by atoms with Gasteiger partial charge in [0.1, 0.15) is 0 Å². The number of hydrogen-bond acceptors (Lipinski definition) is 1. The molecule has 3 rings (SSSR count). The van der Waals surface area contributed by atoms with E-state index >= 15 is 0 Å². The first-order chi connectivity index (χ1) is 11.7.